The summed E-state index contributed by atoms with van der Waals surface area (Å²) in [7, 11) is 0. The van der Waals surface area contributed by atoms with Crippen LogP contribution in [0.15, 0.2) is 24.3 Å². The van der Waals surface area contributed by atoms with E-state index in [4.69, 9.17) is 10.5 Å². The number of rotatable bonds is 7. The van der Waals surface area contributed by atoms with E-state index in [0.717, 1.165) is 32.1 Å². The highest BCUT2D eigenvalue weighted by molar-refractivity contribution is 5.60. The standard InChI is InChI=1S/C15H23N3O3/c16-12-6-8-13(9-7-12)21-11-3-10-17-14-4-1-2-5-15(14)18(19)20/h1-2,4-5,12-13,17H,3,6-11,16H2. The number of nitrogens with two attached hydrogens (primary N) is 1. The second-order valence-corrected chi connectivity index (χ2v) is 5.46. The first-order chi connectivity index (χ1) is 10.2. The Morgan fingerprint density at radius 1 is 1.29 bits per heavy atom. The normalized spacial score (nSPS) is 22.0. The molecule has 0 aromatic heterocycles. The van der Waals surface area contributed by atoms with E-state index in [1.807, 2.05) is 0 Å². The number of para-hydroxylation sites is 2. The molecule has 3 N–H and O–H groups in total. The van der Waals surface area contributed by atoms with E-state index in [0.29, 0.717) is 31.0 Å². The van der Waals surface area contributed by atoms with Gasteiger partial charge in [0.25, 0.3) is 5.69 Å². The molecule has 1 aliphatic rings. The number of nitrogens with one attached hydrogen (secondary N) is 1. The van der Waals surface area contributed by atoms with Gasteiger partial charge in [0.2, 0.25) is 0 Å². The molecule has 116 valence electrons. The van der Waals surface area contributed by atoms with Gasteiger partial charge in [-0.05, 0) is 38.2 Å². The van der Waals surface area contributed by atoms with Gasteiger partial charge >= 0.3 is 0 Å². The maximum absolute atomic E-state index is 10.9. The highest BCUT2D eigenvalue weighted by atomic mass is 16.6. The monoisotopic (exact) mass is 293 g/mol. The van der Waals surface area contributed by atoms with Crippen LogP contribution in [0.2, 0.25) is 0 Å². The number of hydrogen-bond donors (Lipinski definition) is 2. The van der Waals surface area contributed by atoms with E-state index >= 15 is 0 Å². The van der Waals surface area contributed by atoms with Gasteiger partial charge in [-0.3, -0.25) is 10.1 Å². The molecule has 0 saturated heterocycles. The van der Waals surface area contributed by atoms with Crippen LogP contribution >= 0.6 is 0 Å². The Kier molecular flexibility index (Phi) is 5.95. The van der Waals surface area contributed by atoms with Crippen molar-refractivity contribution in [1.82, 2.24) is 0 Å². The Labute approximate surface area is 124 Å². The molecule has 1 aromatic carbocycles. The number of ether oxygens (including phenoxy) is 1. The van der Waals surface area contributed by atoms with Crippen molar-refractivity contribution in [2.45, 2.75) is 44.2 Å². The summed E-state index contributed by atoms with van der Waals surface area (Å²) in [6, 6.07) is 7.02. The van der Waals surface area contributed by atoms with Gasteiger partial charge in [-0.1, -0.05) is 12.1 Å². The van der Waals surface area contributed by atoms with Gasteiger partial charge in [0.15, 0.2) is 0 Å². The van der Waals surface area contributed by atoms with Crippen LogP contribution in [0.3, 0.4) is 0 Å². The molecule has 6 heteroatoms. The SMILES string of the molecule is NC1CCC(OCCCNc2ccccc2[N+](=O)[O-])CC1. The van der Waals surface area contributed by atoms with Crippen molar-refractivity contribution in [2.75, 3.05) is 18.5 Å². The summed E-state index contributed by atoms with van der Waals surface area (Å²) in [5.74, 6) is 0. The van der Waals surface area contributed by atoms with Gasteiger partial charge in [0.05, 0.1) is 11.0 Å². The van der Waals surface area contributed by atoms with Crippen LogP contribution < -0.4 is 11.1 Å². The predicted octanol–water partition coefficient (Wildman–Crippen LogP) is 2.68. The Hall–Kier alpha value is -1.66. The van der Waals surface area contributed by atoms with Gasteiger partial charge in [0.1, 0.15) is 5.69 Å². The third-order valence-corrected chi connectivity index (χ3v) is 3.81. The van der Waals surface area contributed by atoms with Gasteiger partial charge < -0.3 is 15.8 Å². The molecule has 1 saturated carbocycles. The number of anilines is 1. The summed E-state index contributed by atoms with van der Waals surface area (Å²) in [5, 5.41) is 14.0. The lowest BCUT2D eigenvalue weighted by atomic mass is 9.94. The smallest absolute Gasteiger partial charge is 0.292 e. The van der Waals surface area contributed by atoms with Crippen LogP contribution in [0.5, 0.6) is 0 Å². The van der Waals surface area contributed by atoms with Crippen LogP contribution in [0, 0.1) is 10.1 Å². The number of nitrogens with zero attached hydrogens (tertiary/aromatic N) is 1. The van der Waals surface area contributed by atoms with E-state index in [1.54, 1.807) is 18.2 Å². The quantitative estimate of drug-likeness (QED) is 0.458. The lowest BCUT2D eigenvalue weighted by molar-refractivity contribution is -0.384. The Balaban J connectivity index is 1.65. The highest BCUT2D eigenvalue weighted by Gasteiger charge is 2.18. The van der Waals surface area contributed by atoms with Crippen molar-refractivity contribution in [3.05, 3.63) is 34.4 Å². The summed E-state index contributed by atoms with van der Waals surface area (Å²) in [5.41, 5.74) is 6.53. The summed E-state index contributed by atoms with van der Waals surface area (Å²) >= 11 is 0. The lowest BCUT2D eigenvalue weighted by Gasteiger charge is -2.26. The minimum absolute atomic E-state index is 0.111. The topological polar surface area (TPSA) is 90.4 Å². The van der Waals surface area contributed by atoms with Crippen LogP contribution in [0.25, 0.3) is 0 Å². The molecule has 0 unspecified atom stereocenters. The largest absolute Gasteiger partial charge is 0.379 e. The van der Waals surface area contributed by atoms with Gasteiger partial charge in [-0.2, -0.15) is 0 Å². The zero-order valence-electron chi connectivity index (χ0n) is 12.2. The second kappa shape index (κ2) is 7.95. The molecular weight excluding hydrogens is 270 g/mol. The minimum Gasteiger partial charge on any atom is -0.379 e. The van der Waals surface area contributed by atoms with Crippen LogP contribution in [-0.2, 0) is 4.74 Å². The molecule has 21 heavy (non-hydrogen) atoms. The summed E-state index contributed by atoms with van der Waals surface area (Å²) in [4.78, 5) is 10.5. The summed E-state index contributed by atoms with van der Waals surface area (Å²) in [6.45, 7) is 1.34. The van der Waals surface area contributed by atoms with E-state index in [2.05, 4.69) is 5.32 Å². The van der Waals surface area contributed by atoms with Crippen molar-refractivity contribution >= 4 is 11.4 Å². The Morgan fingerprint density at radius 2 is 2.00 bits per heavy atom. The number of hydrogen-bond acceptors (Lipinski definition) is 5. The molecule has 0 heterocycles. The van der Waals surface area contributed by atoms with Crippen LogP contribution in [-0.4, -0.2) is 30.2 Å². The number of benzene rings is 1. The highest BCUT2D eigenvalue weighted by Crippen LogP contribution is 2.23. The average Bonchev–Trinajstić information content (AvgIpc) is 2.49. The van der Waals surface area contributed by atoms with Gasteiger partial charge in [-0.15, -0.1) is 0 Å². The zero-order chi connectivity index (χ0) is 15.1. The molecule has 6 nitrogen and oxygen atoms in total. The average molecular weight is 293 g/mol. The van der Waals surface area contributed by atoms with Crippen molar-refractivity contribution in [1.29, 1.82) is 0 Å². The summed E-state index contributed by atoms with van der Waals surface area (Å²) < 4.78 is 5.82. The van der Waals surface area contributed by atoms with E-state index < -0.39 is 0 Å². The molecule has 2 rings (SSSR count). The first kappa shape index (κ1) is 15.7. The molecule has 0 radical (unpaired) electrons. The molecule has 0 aliphatic heterocycles. The summed E-state index contributed by atoms with van der Waals surface area (Å²) in [6.07, 6.45) is 5.32. The molecular formula is C15H23N3O3. The fourth-order valence-corrected chi connectivity index (χ4v) is 2.58. The Morgan fingerprint density at radius 3 is 2.71 bits per heavy atom. The number of nitro groups is 1. The molecule has 1 aromatic rings. The molecule has 1 aliphatic carbocycles. The Bertz CT molecular complexity index is 459. The third-order valence-electron chi connectivity index (χ3n) is 3.81. The first-order valence-corrected chi connectivity index (χ1v) is 7.51. The predicted molar refractivity (Wildman–Crippen MR) is 82.4 cm³/mol. The van der Waals surface area contributed by atoms with Gasteiger partial charge in [-0.25, -0.2) is 0 Å². The molecule has 0 amide bonds. The number of nitro benzene ring substituents is 1. The zero-order valence-corrected chi connectivity index (χ0v) is 12.2. The van der Waals surface area contributed by atoms with E-state index in [-0.39, 0.29) is 10.6 Å². The molecule has 0 bridgehead atoms. The van der Waals surface area contributed by atoms with E-state index in [9.17, 15) is 10.1 Å². The maximum atomic E-state index is 10.9. The first-order valence-electron chi connectivity index (χ1n) is 7.51. The maximum Gasteiger partial charge on any atom is 0.292 e. The van der Waals surface area contributed by atoms with E-state index in [1.165, 1.54) is 6.07 Å². The van der Waals surface area contributed by atoms with Gasteiger partial charge in [0, 0.05) is 25.3 Å². The van der Waals surface area contributed by atoms with Crippen molar-refractivity contribution < 1.29 is 9.66 Å². The minimum atomic E-state index is -0.371. The lowest BCUT2D eigenvalue weighted by Crippen LogP contribution is -2.30. The molecule has 0 spiro atoms. The van der Waals surface area contributed by atoms with Crippen LogP contribution in [0.1, 0.15) is 32.1 Å². The van der Waals surface area contributed by atoms with Crippen molar-refractivity contribution in [3.8, 4) is 0 Å². The molecule has 1 fully saturated rings. The van der Waals surface area contributed by atoms with Crippen LogP contribution in [0.4, 0.5) is 11.4 Å². The van der Waals surface area contributed by atoms with Crippen molar-refractivity contribution in [2.24, 2.45) is 5.73 Å². The second-order valence-electron chi connectivity index (χ2n) is 5.46. The van der Waals surface area contributed by atoms with Crippen molar-refractivity contribution in [3.63, 3.8) is 0 Å². The fraction of sp³-hybridized carbons (Fsp3) is 0.600. The molecule has 0 atom stereocenters. The third kappa shape index (κ3) is 4.99. The fourth-order valence-electron chi connectivity index (χ4n) is 2.58.